The first-order valence-electron chi connectivity index (χ1n) is 6.96. The number of hydrogen-bond donors (Lipinski definition) is 1. The quantitative estimate of drug-likeness (QED) is 0.871. The molecule has 3 atom stereocenters. The molecular weight excluding hydrogens is 226 g/mol. The molecule has 0 spiro atoms. The number of nitrogens with zero attached hydrogens (tertiary/aromatic N) is 2. The maximum atomic E-state index is 5.39. The van der Waals surface area contributed by atoms with E-state index in [0.717, 1.165) is 11.7 Å². The molecule has 2 rings (SSSR count). The van der Waals surface area contributed by atoms with Gasteiger partial charge in [0.1, 0.15) is 12.1 Å². The maximum Gasteiger partial charge on any atom is 0.218 e. The molecule has 1 aromatic heterocycles. The first kappa shape index (κ1) is 13.1. The Kier molecular flexibility index (Phi) is 4.39. The molecule has 0 aromatic carbocycles. The Morgan fingerprint density at radius 1 is 1.33 bits per heavy atom. The third-order valence-corrected chi connectivity index (χ3v) is 4.02. The van der Waals surface area contributed by atoms with Crippen molar-refractivity contribution < 1.29 is 4.74 Å². The van der Waals surface area contributed by atoms with Crippen LogP contribution in [0.25, 0.3) is 0 Å². The number of ether oxygens (including phenoxy) is 1. The van der Waals surface area contributed by atoms with Crippen molar-refractivity contribution >= 4 is 5.82 Å². The molecule has 3 unspecified atom stereocenters. The lowest BCUT2D eigenvalue weighted by molar-refractivity contribution is 0.326. The summed E-state index contributed by atoms with van der Waals surface area (Å²) in [6.07, 6.45) is 5.38. The number of aromatic nitrogens is 2. The van der Waals surface area contributed by atoms with Gasteiger partial charge in [-0.3, -0.25) is 0 Å². The Labute approximate surface area is 109 Å². The molecule has 0 saturated heterocycles. The minimum Gasteiger partial charge on any atom is -0.478 e. The molecule has 1 fully saturated rings. The predicted octanol–water partition coefficient (Wildman–Crippen LogP) is 3.11. The van der Waals surface area contributed by atoms with Crippen molar-refractivity contribution in [2.24, 2.45) is 11.8 Å². The smallest absolute Gasteiger partial charge is 0.218 e. The van der Waals surface area contributed by atoms with E-state index in [1.54, 1.807) is 6.33 Å². The molecule has 1 saturated carbocycles. The fourth-order valence-electron chi connectivity index (χ4n) is 2.86. The molecule has 0 amide bonds. The Morgan fingerprint density at radius 2 is 2.17 bits per heavy atom. The molecule has 1 aliphatic carbocycles. The van der Waals surface area contributed by atoms with Crippen molar-refractivity contribution in [3.63, 3.8) is 0 Å². The summed E-state index contributed by atoms with van der Waals surface area (Å²) < 4.78 is 5.39. The van der Waals surface area contributed by atoms with Crippen molar-refractivity contribution in [1.82, 2.24) is 9.97 Å². The van der Waals surface area contributed by atoms with Crippen molar-refractivity contribution in [1.29, 1.82) is 0 Å². The van der Waals surface area contributed by atoms with E-state index < -0.39 is 0 Å². The van der Waals surface area contributed by atoms with Crippen LogP contribution in [0.2, 0.25) is 0 Å². The molecule has 0 bridgehead atoms. The summed E-state index contributed by atoms with van der Waals surface area (Å²) in [6, 6.07) is 2.41. The van der Waals surface area contributed by atoms with Crippen molar-refractivity contribution in [3.05, 3.63) is 12.4 Å². The van der Waals surface area contributed by atoms with Crippen LogP contribution in [0, 0.1) is 11.8 Å². The van der Waals surface area contributed by atoms with E-state index in [-0.39, 0.29) is 0 Å². The highest BCUT2D eigenvalue weighted by molar-refractivity contribution is 5.38. The SMILES string of the molecule is CCOc1cc(NC2CCC(CC)C2C)ncn1. The van der Waals surface area contributed by atoms with Gasteiger partial charge in [0.2, 0.25) is 5.88 Å². The van der Waals surface area contributed by atoms with Crippen molar-refractivity contribution in [3.8, 4) is 5.88 Å². The monoisotopic (exact) mass is 249 g/mol. The van der Waals surface area contributed by atoms with Gasteiger partial charge in [-0.05, 0) is 31.6 Å². The third kappa shape index (κ3) is 2.92. The summed E-state index contributed by atoms with van der Waals surface area (Å²) in [7, 11) is 0. The van der Waals surface area contributed by atoms with Gasteiger partial charge in [0.25, 0.3) is 0 Å². The van der Waals surface area contributed by atoms with Crippen molar-refractivity contribution in [2.45, 2.75) is 46.1 Å². The molecule has 4 heteroatoms. The third-order valence-electron chi connectivity index (χ3n) is 4.02. The Balaban J connectivity index is 1.99. The minimum absolute atomic E-state index is 0.527. The Morgan fingerprint density at radius 3 is 2.83 bits per heavy atom. The van der Waals surface area contributed by atoms with Gasteiger partial charge in [-0.25, -0.2) is 9.97 Å². The molecule has 0 radical (unpaired) electrons. The summed E-state index contributed by atoms with van der Waals surface area (Å²) in [4.78, 5) is 8.35. The minimum atomic E-state index is 0.527. The molecule has 1 heterocycles. The van der Waals surface area contributed by atoms with E-state index in [1.807, 2.05) is 13.0 Å². The highest BCUT2D eigenvalue weighted by Crippen LogP contribution is 2.35. The first-order valence-corrected chi connectivity index (χ1v) is 6.96. The number of hydrogen-bond acceptors (Lipinski definition) is 4. The van der Waals surface area contributed by atoms with Gasteiger partial charge in [-0.2, -0.15) is 0 Å². The molecule has 1 aliphatic rings. The summed E-state index contributed by atoms with van der Waals surface area (Å²) in [6.45, 7) is 7.21. The molecule has 0 aliphatic heterocycles. The van der Waals surface area contributed by atoms with Crippen LogP contribution in [-0.4, -0.2) is 22.6 Å². The second-order valence-corrected chi connectivity index (χ2v) is 5.03. The predicted molar refractivity (Wildman–Crippen MR) is 72.8 cm³/mol. The normalized spacial score (nSPS) is 27.2. The molecule has 1 aromatic rings. The molecular formula is C14H23N3O. The van der Waals surface area contributed by atoms with Crippen LogP contribution in [0.3, 0.4) is 0 Å². The average molecular weight is 249 g/mol. The fourth-order valence-corrected chi connectivity index (χ4v) is 2.86. The first-order chi connectivity index (χ1) is 8.74. The van der Waals surface area contributed by atoms with E-state index in [1.165, 1.54) is 19.3 Å². The van der Waals surface area contributed by atoms with Crippen LogP contribution >= 0.6 is 0 Å². The van der Waals surface area contributed by atoms with Gasteiger partial charge >= 0.3 is 0 Å². The lowest BCUT2D eigenvalue weighted by Gasteiger charge is -2.21. The second-order valence-electron chi connectivity index (χ2n) is 5.03. The van der Waals surface area contributed by atoms with Crippen LogP contribution in [0.5, 0.6) is 5.88 Å². The summed E-state index contributed by atoms with van der Waals surface area (Å²) in [5, 5.41) is 3.52. The highest BCUT2D eigenvalue weighted by atomic mass is 16.5. The number of nitrogens with one attached hydrogen (secondary N) is 1. The van der Waals surface area contributed by atoms with E-state index in [4.69, 9.17) is 4.74 Å². The van der Waals surface area contributed by atoms with Crippen LogP contribution in [-0.2, 0) is 0 Å². The summed E-state index contributed by atoms with van der Waals surface area (Å²) >= 11 is 0. The summed E-state index contributed by atoms with van der Waals surface area (Å²) in [5.74, 6) is 3.07. The summed E-state index contributed by atoms with van der Waals surface area (Å²) in [5.41, 5.74) is 0. The maximum absolute atomic E-state index is 5.39. The topological polar surface area (TPSA) is 47.0 Å². The van der Waals surface area contributed by atoms with Gasteiger partial charge in [0, 0.05) is 12.1 Å². The molecule has 100 valence electrons. The highest BCUT2D eigenvalue weighted by Gasteiger charge is 2.31. The van der Waals surface area contributed by atoms with Gasteiger partial charge in [0.15, 0.2) is 0 Å². The van der Waals surface area contributed by atoms with Crippen LogP contribution < -0.4 is 10.1 Å². The molecule has 1 N–H and O–H groups in total. The average Bonchev–Trinajstić information content (AvgIpc) is 2.71. The van der Waals surface area contributed by atoms with Crippen molar-refractivity contribution in [2.75, 3.05) is 11.9 Å². The molecule has 4 nitrogen and oxygen atoms in total. The van der Waals surface area contributed by atoms with E-state index >= 15 is 0 Å². The van der Waals surface area contributed by atoms with Gasteiger partial charge in [-0.1, -0.05) is 20.3 Å². The second kappa shape index (κ2) is 6.03. The van der Waals surface area contributed by atoms with E-state index in [9.17, 15) is 0 Å². The Hall–Kier alpha value is -1.32. The number of anilines is 1. The van der Waals surface area contributed by atoms with E-state index in [2.05, 4.69) is 29.1 Å². The van der Waals surface area contributed by atoms with Crippen LogP contribution in [0.1, 0.15) is 40.0 Å². The lowest BCUT2D eigenvalue weighted by atomic mass is 9.93. The lowest BCUT2D eigenvalue weighted by Crippen LogP contribution is -2.25. The largest absolute Gasteiger partial charge is 0.478 e. The zero-order valence-electron chi connectivity index (χ0n) is 11.5. The number of rotatable bonds is 5. The van der Waals surface area contributed by atoms with Crippen LogP contribution in [0.4, 0.5) is 5.82 Å². The van der Waals surface area contributed by atoms with Gasteiger partial charge in [0.05, 0.1) is 6.61 Å². The zero-order chi connectivity index (χ0) is 13.0. The standard InChI is InChI=1S/C14H23N3O/c1-4-11-6-7-12(10(11)3)17-13-8-14(18-5-2)16-9-15-13/h8-12H,4-7H2,1-3H3,(H,15,16,17). The Bertz CT molecular complexity index is 383. The van der Waals surface area contributed by atoms with Gasteiger partial charge < -0.3 is 10.1 Å². The molecule has 18 heavy (non-hydrogen) atoms. The fraction of sp³-hybridized carbons (Fsp3) is 0.714. The van der Waals surface area contributed by atoms with Crippen LogP contribution in [0.15, 0.2) is 12.4 Å². The van der Waals surface area contributed by atoms with Gasteiger partial charge in [-0.15, -0.1) is 0 Å². The zero-order valence-corrected chi connectivity index (χ0v) is 11.5. The van der Waals surface area contributed by atoms with E-state index in [0.29, 0.717) is 24.4 Å².